The summed E-state index contributed by atoms with van der Waals surface area (Å²) in [6.45, 7) is 1.87. The van der Waals surface area contributed by atoms with Gasteiger partial charge in [0.25, 0.3) is 5.69 Å². The van der Waals surface area contributed by atoms with Crippen molar-refractivity contribution in [1.29, 1.82) is 0 Å². The summed E-state index contributed by atoms with van der Waals surface area (Å²) in [6, 6.07) is 13.6. The predicted octanol–water partition coefficient (Wildman–Crippen LogP) is 4.28. The van der Waals surface area contributed by atoms with E-state index >= 15 is 0 Å². The number of carbonyl (C=O) groups excluding carboxylic acids is 1. The first-order valence-corrected chi connectivity index (χ1v) is 7.30. The highest BCUT2D eigenvalue weighted by Gasteiger charge is 2.20. The van der Waals surface area contributed by atoms with Crippen LogP contribution in [0.25, 0.3) is 22.2 Å². The molecule has 1 N–H and O–H groups in total. The number of benzene rings is 2. The van der Waals surface area contributed by atoms with Gasteiger partial charge in [-0.25, -0.2) is 4.79 Å². The number of nitro groups is 1. The molecule has 0 aliphatic rings. The smallest absolute Gasteiger partial charge is 0.434 e. The zero-order valence-electron chi connectivity index (χ0n) is 12.8. The van der Waals surface area contributed by atoms with E-state index in [2.05, 4.69) is 4.98 Å². The molecule has 7 nitrogen and oxygen atoms in total. The molecule has 0 aliphatic carbocycles. The largest absolute Gasteiger partial charge is 0.513 e. The molecule has 0 amide bonds. The molecule has 3 aromatic rings. The van der Waals surface area contributed by atoms with E-state index in [9.17, 15) is 14.9 Å². The molecular weight excluding hydrogens is 312 g/mol. The number of fused-ring (bicyclic) bond motifs is 1. The van der Waals surface area contributed by atoms with Crippen LogP contribution in [0.4, 0.5) is 10.5 Å². The maximum atomic E-state index is 11.7. The number of aromatic nitrogens is 1. The van der Waals surface area contributed by atoms with Crippen LogP contribution in [0, 0.1) is 10.1 Å². The molecule has 24 heavy (non-hydrogen) atoms. The standard InChI is InChI=1S/C17H14N2O5/c1-2-23-17(20)24-16-13-9-8-12(19(21)22)10-14(13)18-15(16)11-6-4-3-5-7-11/h3-10,18H,2H2,1H3. The molecule has 2 aromatic carbocycles. The lowest BCUT2D eigenvalue weighted by molar-refractivity contribution is -0.384. The summed E-state index contributed by atoms with van der Waals surface area (Å²) in [5, 5.41) is 11.5. The molecule has 3 rings (SSSR count). The summed E-state index contributed by atoms with van der Waals surface area (Å²) in [7, 11) is 0. The number of ether oxygens (including phenoxy) is 2. The minimum atomic E-state index is -0.825. The Labute approximate surface area is 137 Å². The average Bonchev–Trinajstić information content (AvgIpc) is 2.93. The first-order chi connectivity index (χ1) is 11.6. The van der Waals surface area contributed by atoms with Gasteiger partial charge in [0.1, 0.15) is 0 Å². The minimum absolute atomic E-state index is 0.0500. The van der Waals surface area contributed by atoms with Gasteiger partial charge in [0.15, 0.2) is 5.75 Å². The highest BCUT2D eigenvalue weighted by Crippen LogP contribution is 2.38. The van der Waals surface area contributed by atoms with Gasteiger partial charge >= 0.3 is 6.16 Å². The summed E-state index contributed by atoms with van der Waals surface area (Å²) in [5.74, 6) is 0.282. The van der Waals surface area contributed by atoms with Gasteiger partial charge in [-0.2, -0.15) is 0 Å². The van der Waals surface area contributed by atoms with E-state index in [-0.39, 0.29) is 18.0 Å². The zero-order valence-corrected chi connectivity index (χ0v) is 12.8. The molecule has 1 aromatic heterocycles. The molecule has 0 radical (unpaired) electrons. The molecular formula is C17H14N2O5. The summed E-state index contributed by atoms with van der Waals surface area (Å²) in [5.41, 5.74) is 1.79. The number of nitrogens with one attached hydrogen (secondary N) is 1. The van der Waals surface area contributed by atoms with E-state index < -0.39 is 11.1 Å². The predicted molar refractivity (Wildman–Crippen MR) is 88.0 cm³/mol. The SMILES string of the molecule is CCOC(=O)Oc1c(-c2ccccc2)[nH]c2cc([N+](=O)[O-])ccc12. The minimum Gasteiger partial charge on any atom is -0.434 e. The molecule has 0 fully saturated rings. The first-order valence-electron chi connectivity index (χ1n) is 7.30. The second-order valence-electron chi connectivity index (χ2n) is 4.97. The second-order valence-corrected chi connectivity index (χ2v) is 4.97. The maximum absolute atomic E-state index is 11.7. The van der Waals surface area contributed by atoms with Gasteiger partial charge in [-0.1, -0.05) is 30.3 Å². The molecule has 7 heteroatoms. The lowest BCUT2D eigenvalue weighted by atomic mass is 10.1. The Morgan fingerprint density at radius 2 is 1.96 bits per heavy atom. The highest BCUT2D eigenvalue weighted by atomic mass is 16.7. The number of nitrogens with zero attached hydrogens (tertiary/aromatic N) is 1. The van der Waals surface area contributed by atoms with Crippen molar-refractivity contribution < 1.29 is 19.2 Å². The third-order valence-corrected chi connectivity index (χ3v) is 3.46. The monoisotopic (exact) mass is 326 g/mol. The number of H-pyrrole nitrogens is 1. The van der Waals surface area contributed by atoms with Crippen LogP contribution in [0.2, 0.25) is 0 Å². The summed E-state index contributed by atoms with van der Waals surface area (Å²) >= 11 is 0. The third-order valence-electron chi connectivity index (χ3n) is 3.46. The van der Waals surface area contributed by atoms with Crippen LogP contribution in [0.1, 0.15) is 6.92 Å². The van der Waals surface area contributed by atoms with E-state index in [1.54, 1.807) is 13.0 Å². The summed E-state index contributed by atoms with van der Waals surface area (Å²) in [6.07, 6.45) is -0.825. The Hall–Kier alpha value is -3.35. The normalized spacial score (nSPS) is 10.5. The van der Waals surface area contributed by atoms with Crippen molar-refractivity contribution in [3.8, 4) is 17.0 Å². The number of hydrogen-bond acceptors (Lipinski definition) is 5. The molecule has 1 heterocycles. The van der Waals surface area contributed by atoms with Crippen LogP contribution < -0.4 is 4.74 Å². The Morgan fingerprint density at radius 3 is 2.62 bits per heavy atom. The maximum Gasteiger partial charge on any atom is 0.513 e. The number of non-ortho nitro benzene ring substituents is 1. The van der Waals surface area contributed by atoms with Crippen LogP contribution >= 0.6 is 0 Å². The van der Waals surface area contributed by atoms with Crippen molar-refractivity contribution in [3.63, 3.8) is 0 Å². The van der Waals surface area contributed by atoms with Crippen LogP contribution in [-0.2, 0) is 4.74 Å². The lowest BCUT2D eigenvalue weighted by Gasteiger charge is -2.06. The van der Waals surface area contributed by atoms with Crippen LogP contribution in [0.3, 0.4) is 0 Å². The Bertz CT molecular complexity index is 902. The summed E-state index contributed by atoms with van der Waals surface area (Å²) in [4.78, 5) is 25.3. The van der Waals surface area contributed by atoms with Crippen molar-refractivity contribution in [1.82, 2.24) is 4.98 Å². The van der Waals surface area contributed by atoms with Crippen LogP contribution in [0.15, 0.2) is 48.5 Å². The van der Waals surface area contributed by atoms with Crippen molar-refractivity contribution in [3.05, 3.63) is 58.6 Å². The van der Waals surface area contributed by atoms with Gasteiger partial charge in [-0.3, -0.25) is 10.1 Å². The van der Waals surface area contributed by atoms with Gasteiger partial charge in [0.05, 0.1) is 22.7 Å². The Kier molecular flexibility index (Phi) is 4.15. The van der Waals surface area contributed by atoms with Crippen molar-refractivity contribution in [2.45, 2.75) is 6.92 Å². The van der Waals surface area contributed by atoms with Gasteiger partial charge in [0.2, 0.25) is 0 Å². The van der Waals surface area contributed by atoms with Crippen molar-refractivity contribution in [2.24, 2.45) is 0 Å². The van der Waals surface area contributed by atoms with Crippen molar-refractivity contribution in [2.75, 3.05) is 6.61 Å². The average molecular weight is 326 g/mol. The number of carbonyl (C=O) groups is 1. The topological polar surface area (TPSA) is 94.5 Å². The number of hydrogen-bond donors (Lipinski definition) is 1. The van der Waals surface area contributed by atoms with Crippen LogP contribution in [0.5, 0.6) is 5.75 Å². The molecule has 0 spiro atoms. The molecule has 0 unspecified atom stereocenters. The zero-order chi connectivity index (χ0) is 17.1. The first kappa shape index (κ1) is 15.5. The molecule has 122 valence electrons. The Balaban J connectivity index is 2.16. The van der Waals surface area contributed by atoms with Gasteiger partial charge in [-0.05, 0) is 13.0 Å². The summed E-state index contributed by atoms with van der Waals surface area (Å²) < 4.78 is 10.2. The van der Waals surface area contributed by atoms with Gasteiger partial charge in [0, 0.05) is 23.1 Å². The number of rotatable bonds is 4. The fourth-order valence-corrected chi connectivity index (χ4v) is 2.42. The van der Waals surface area contributed by atoms with E-state index in [0.29, 0.717) is 16.6 Å². The number of aromatic amines is 1. The van der Waals surface area contributed by atoms with E-state index in [1.165, 1.54) is 12.1 Å². The van der Waals surface area contributed by atoms with Gasteiger partial charge < -0.3 is 14.5 Å². The molecule has 0 atom stereocenters. The van der Waals surface area contributed by atoms with Crippen molar-refractivity contribution >= 4 is 22.7 Å². The van der Waals surface area contributed by atoms with Gasteiger partial charge in [-0.15, -0.1) is 0 Å². The fraction of sp³-hybridized carbons (Fsp3) is 0.118. The van der Waals surface area contributed by atoms with Crippen LogP contribution in [-0.4, -0.2) is 22.7 Å². The molecule has 0 saturated carbocycles. The number of nitro benzene ring substituents is 1. The molecule has 0 aliphatic heterocycles. The Morgan fingerprint density at radius 1 is 1.21 bits per heavy atom. The second kappa shape index (κ2) is 6.41. The highest BCUT2D eigenvalue weighted by molar-refractivity contribution is 5.96. The van der Waals surface area contributed by atoms with E-state index in [0.717, 1.165) is 5.56 Å². The van der Waals surface area contributed by atoms with E-state index in [1.807, 2.05) is 30.3 Å². The fourth-order valence-electron chi connectivity index (χ4n) is 2.42. The van der Waals surface area contributed by atoms with E-state index in [4.69, 9.17) is 9.47 Å². The molecule has 0 bridgehead atoms. The lowest BCUT2D eigenvalue weighted by Crippen LogP contribution is -2.10. The molecule has 0 saturated heterocycles. The quantitative estimate of drug-likeness (QED) is 0.439. The third kappa shape index (κ3) is 2.91.